The van der Waals surface area contributed by atoms with Crippen molar-refractivity contribution in [1.29, 1.82) is 0 Å². The van der Waals surface area contributed by atoms with Crippen LogP contribution in [0.4, 0.5) is 0 Å². The Morgan fingerprint density at radius 2 is 1.89 bits per heavy atom. The molecule has 1 aliphatic rings. The molecule has 5 atom stereocenters. The Morgan fingerprint density at radius 3 is 2.53 bits per heavy atom. The number of aliphatic hydroxyl groups excluding tert-OH is 4. The Labute approximate surface area is 110 Å². The molecule has 9 heteroatoms. The Balaban J connectivity index is 2.33. The van der Waals surface area contributed by atoms with E-state index in [9.17, 15) is 15.3 Å². The van der Waals surface area contributed by atoms with Crippen LogP contribution in [0.15, 0.2) is 5.11 Å². The fourth-order valence-electron chi connectivity index (χ4n) is 1.73. The molecule has 1 fully saturated rings. The molecule has 0 unspecified atom stereocenters. The van der Waals surface area contributed by atoms with E-state index < -0.39 is 37.3 Å². The zero-order valence-corrected chi connectivity index (χ0v) is 10.4. The first-order chi connectivity index (χ1) is 9.11. The van der Waals surface area contributed by atoms with Crippen molar-refractivity contribution >= 4 is 0 Å². The van der Waals surface area contributed by atoms with Crippen molar-refractivity contribution in [3.8, 4) is 0 Å². The van der Waals surface area contributed by atoms with Crippen LogP contribution >= 0.6 is 0 Å². The lowest BCUT2D eigenvalue weighted by Crippen LogP contribution is -2.59. The van der Waals surface area contributed by atoms with Gasteiger partial charge in [-0.3, -0.25) is 0 Å². The van der Waals surface area contributed by atoms with Crippen molar-refractivity contribution in [2.75, 3.05) is 19.8 Å². The Kier molecular flexibility index (Phi) is 7.03. The van der Waals surface area contributed by atoms with Crippen molar-refractivity contribution in [3.05, 3.63) is 10.4 Å². The molecule has 0 aromatic heterocycles. The van der Waals surface area contributed by atoms with Crippen LogP contribution in [0.25, 0.3) is 10.4 Å². The predicted molar refractivity (Wildman–Crippen MR) is 63.0 cm³/mol. The van der Waals surface area contributed by atoms with E-state index in [1.54, 1.807) is 0 Å². The van der Waals surface area contributed by atoms with Gasteiger partial charge in [0.15, 0.2) is 6.29 Å². The van der Waals surface area contributed by atoms with Crippen LogP contribution in [-0.4, -0.2) is 70.9 Å². The Hall–Kier alpha value is -0.930. The van der Waals surface area contributed by atoms with Crippen molar-refractivity contribution in [3.63, 3.8) is 0 Å². The first kappa shape index (κ1) is 16.1. The first-order valence-corrected chi connectivity index (χ1v) is 6.04. The van der Waals surface area contributed by atoms with Crippen LogP contribution in [0, 0.1) is 0 Å². The van der Waals surface area contributed by atoms with Gasteiger partial charge in [0.1, 0.15) is 24.4 Å². The highest BCUT2D eigenvalue weighted by molar-refractivity contribution is 4.88. The average molecular weight is 277 g/mol. The first-order valence-electron chi connectivity index (χ1n) is 6.04. The van der Waals surface area contributed by atoms with Crippen LogP contribution in [0.5, 0.6) is 0 Å². The maximum absolute atomic E-state index is 9.65. The highest BCUT2D eigenvalue weighted by Gasteiger charge is 2.43. The zero-order valence-electron chi connectivity index (χ0n) is 10.4. The SMILES string of the molecule is [N-]=[N+]=NCCCCO[C@@H]1O[C@H](CO)[C@@H](O)[C@H](O)[C@H]1O. The van der Waals surface area contributed by atoms with Crippen molar-refractivity contribution in [2.45, 2.75) is 43.5 Å². The third kappa shape index (κ3) is 4.59. The van der Waals surface area contributed by atoms with E-state index in [4.69, 9.17) is 20.1 Å². The standard InChI is InChI=1S/C10H19N3O6/c11-13-12-3-1-2-4-18-10-9(17)8(16)7(15)6(5-14)19-10/h6-10,14-17H,1-5H2/t6-,7-,8+,9-,10-/m1/s1. The number of hydrogen-bond donors (Lipinski definition) is 4. The van der Waals surface area contributed by atoms with Gasteiger partial charge in [0.2, 0.25) is 0 Å². The predicted octanol–water partition coefficient (Wildman–Crippen LogP) is -1.11. The molecule has 1 saturated heterocycles. The summed E-state index contributed by atoms with van der Waals surface area (Å²) in [5.74, 6) is 0. The van der Waals surface area contributed by atoms with E-state index >= 15 is 0 Å². The quantitative estimate of drug-likeness (QED) is 0.201. The molecule has 0 saturated carbocycles. The summed E-state index contributed by atoms with van der Waals surface area (Å²) in [6.45, 7) is 0.111. The fourth-order valence-corrected chi connectivity index (χ4v) is 1.73. The van der Waals surface area contributed by atoms with Crippen LogP contribution in [0.2, 0.25) is 0 Å². The van der Waals surface area contributed by atoms with Crippen LogP contribution in [0.3, 0.4) is 0 Å². The number of hydrogen-bond acceptors (Lipinski definition) is 7. The summed E-state index contributed by atoms with van der Waals surface area (Å²) in [5.41, 5.74) is 8.07. The minimum absolute atomic E-state index is 0.240. The van der Waals surface area contributed by atoms with Gasteiger partial charge in [-0.05, 0) is 18.4 Å². The van der Waals surface area contributed by atoms with Crippen LogP contribution in [0.1, 0.15) is 12.8 Å². The number of unbranched alkanes of at least 4 members (excludes halogenated alkanes) is 1. The molecular formula is C10H19N3O6. The summed E-state index contributed by atoms with van der Waals surface area (Å²) in [7, 11) is 0. The molecule has 0 aliphatic carbocycles. The molecule has 4 N–H and O–H groups in total. The summed E-state index contributed by atoms with van der Waals surface area (Å²) in [4.78, 5) is 2.61. The summed E-state index contributed by atoms with van der Waals surface area (Å²) < 4.78 is 10.4. The normalized spacial score (nSPS) is 34.8. The average Bonchev–Trinajstić information content (AvgIpc) is 2.42. The molecule has 0 radical (unpaired) electrons. The van der Waals surface area contributed by atoms with Gasteiger partial charge in [-0.2, -0.15) is 0 Å². The lowest BCUT2D eigenvalue weighted by molar-refractivity contribution is -0.301. The third-order valence-corrected chi connectivity index (χ3v) is 2.85. The molecule has 1 aliphatic heterocycles. The third-order valence-electron chi connectivity index (χ3n) is 2.85. The fraction of sp³-hybridized carbons (Fsp3) is 1.00. The summed E-state index contributed by atoms with van der Waals surface area (Å²) in [5, 5.41) is 41.0. The molecule has 0 bridgehead atoms. The number of ether oxygens (including phenoxy) is 2. The lowest BCUT2D eigenvalue weighted by Gasteiger charge is -2.39. The van der Waals surface area contributed by atoms with Gasteiger partial charge in [0, 0.05) is 18.1 Å². The minimum atomic E-state index is -1.43. The van der Waals surface area contributed by atoms with Crippen molar-refractivity contribution < 1.29 is 29.9 Å². The Morgan fingerprint density at radius 1 is 1.16 bits per heavy atom. The highest BCUT2D eigenvalue weighted by Crippen LogP contribution is 2.22. The van der Waals surface area contributed by atoms with Gasteiger partial charge in [-0.25, -0.2) is 0 Å². The van der Waals surface area contributed by atoms with Crippen molar-refractivity contribution in [2.24, 2.45) is 5.11 Å². The monoisotopic (exact) mass is 277 g/mol. The summed E-state index contributed by atoms with van der Waals surface area (Å²) in [6, 6.07) is 0. The largest absolute Gasteiger partial charge is 0.394 e. The molecule has 0 aromatic carbocycles. The highest BCUT2D eigenvalue weighted by atomic mass is 16.7. The van der Waals surface area contributed by atoms with E-state index in [0.29, 0.717) is 19.4 Å². The zero-order chi connectivity index (χ0) is 14.3. The molecule has 0 amide bonds. The van der Waals surface area contributed by atoms with Gasteiger partial charge >= 0.3 is 0 Å². The second-order valence-electron chi connectivity index (χ2n) is 4.23. The maximum Gasteiger partial charge on any atom is 0.186 e. The summed E-state index contributed by atoms with van der Waals surface area (Å²) >= 11 is 0. The maximum atomic E-state index is 9.65. The Bertz CT molecular complexity index is 310. The van der Waals surface area contributed by atoms with Gasteiger partial charge in [0.25, 0.3) is 0 Å². The van der Waals surface area contributed by atoms with Gasteiger partial charge in [0.05, 0.1) is 6.61 Å². The number of aliphatic hydroxyl groups is 4. The number of azide groups is 1. The second-order valence-corrected chi connectivity index (χ2v) is 4.23. The lowest BCUT2D eigenvalue weighted by atomic mass is 9.99. The van der Waals surface area contributed by atoms with Crippen LogP contribution < -0.4 is 0 Å². The van der Waals surface area contributed by atoms with E-state index in [1.807, 2.05) is 0 Å². The molecule has 0 aromatic rings. The van der Waals surface area contributed by atoms with Gasteiger partial charge in [-0.15, -0.1) is 0 Å². The number of rotatable bonds is 7. The molecule has 19 heavy (non-hydrogen) atoms. The number of nitrogens with zero attached hydrogens (tertiary/aromatic N) is 3. The van der Waals surface area contributed by atoms with E-state index in [1.165, 1.54) is 0 Å². The molecular weight excluding hydrogens is 258 g/mol. The molecule has 9 nitrogen and oxygen atoms in total. The minimum Gasteiger partial charge on any atom is -0.394 e. The van der Waals surface area contributed by atoms with E-state index in [2.05, 4.69) is 10.0 Å². The summed E-state index contributed by atoms with van der Waals surface area (Å²) in [6.07, 6.45) is -5.05. The molecule has 0 spiro atoms. The smallest absolute Gasteiger partial charge is 0.186 e. The van der Waals surface area contributed by atoms with Crippen LogP contribution in [-0.2, 0) is 9.47 Å². The van der Waals surface area contributed by atoms with E-state index in [0.717, 1.165) is 0 Å². The van der Waals surface area contributed by atoms with Gasteiger partial charge < -0.3 is 29.9 Å². The topological polar surface area (TPSA) is 148 Å². The van der Waals surface area contributed by atoms with E-state index in [-0.39, 0.29) is 6.61 Å². The second kappa shape index (κ2) is 8.28. The molecule has 1 rings (SSSR count). The van der Waals surface area contributed by atoms with Crippen molar-refractivity contribution in [1.82, 2.24) is 0 Å². The molecule has 110 valence electrons. The van der Waals surface area contributed by atoms with Gasteiger partial charge in [-0.1, -0.05) is 5.11 Å². The molecule has 1 heterocycles.